The molecule has 0 heterocycles. The highest BCUT2D eigenvalue weighted by Crippen LogP contribution is 2.30. The smallest absolute Gasteiger partial charge is 0.341 e. The zero-order chi connectivity index (χ0) is 17.5. The second kappa shape index (κ2) is 8.18. The van der Waals surface area contributed by atoms with E-state index in [0.29, 0.717) is 17.1 Å². The molecule has 0 saturated heterocycles. The number of carbonyl (C=O) groups is 1. The first-order valence-electron chi connectivity index (χ1n) is 6.94. The number of aliphatic carboxylic acids is 1. The molecule has 2 aromatic rings. The van der Waals surface area contributed by atoms with Crippen molar-refractivity contribution < 1.29 is 19.4 Å². The van der Waals surface area contributed by atoms with Gasteiger partial charge in [0.1, 0.15) is 0 Å². The molecule has 122 valence electrons. The highest BCUT2D eigenvalue weighted by atomic mass is 79.9. The van der Waals surface area contributed by atoms with Gasteiger partial charge in [0.25, 0.3) is 0 Å². The molecule has 0 fully saturated rings. The number of ether oxygens (including phenoxy) is 2. The molecule has 2 aromatic carbocycles. The van der Waals surface area contributed by atoms with Crippen LogP contribution in [0.1, 0.15) is 11.1 Å². The molecule has 0 unspecified atom stereocenters. The average molecular weight is 388 g/mol. The Morgan fingerprint density at radius 3 is 2.54 bits per heavy atom. The molecular formula is C18H14BrNO4. The Hall–Kier alpha value is -2.78. The fourth-order valence-corrected chi connectivity index (χ4v) is 2.27. The Morgan fingerprint density at radius 2 is 1.96 bits per heavy atom. The molecule has 0 saturated carbocycles. The maximum atomic E-state index is 10.6. The molecule has 0 atom stereocenters. The van der Waals surface area contributed by atoms with E-state index in [4.69, 9.17) is 14.6 Å². The van der Waals surface area contributed by atoms with Gasteiger partial charge in [0.2, 0.25) is 0 Å². The van der Waals surface area contributed by atoms with Crippen LogP contribution in [-0.2, 0) is 4.79 Å². The highest BCUT2D eigenvalue weighted by molar-refractivity contribution is 9.10. The quantitative estimate of drug-likeness (QED) is 0.598. The van der Waals surface area contributed by atoms with Crippen LogP contribution in [0.3, 0.4) is 0 Å². The van der Waals surface area contributed by atoms with E-state index in [2.05, 4.69) is 22.0 Å². The van der Waals surface area contributed by atoms with Crippen molar-refractivity contribution in [3.05, 3.63) is 58.1 Å². The van der Waals surface area contributed by atoms with Crippen LogP contribution >= 0.6 is 15.9 Å². The largest absolute Gasteiger partial charge is 0.493 e. The number of hydrogen-bond acceptors (Lipinski definition) is 4. The minimum absolute atomic E-state index is 0.333. The monoisotopic (exact) mass is 387 g/mol. The zero-order valence-electron chi connectivity index (χ0n) is 12.8. The number of rotatable bonds is 6. The van der Waals surface area contributed by atoms with Gasteiger partial charge in [-0.25, -0.2) is 4.79 Å². The SMILES string of the molecule is COc1cc(/C=C(\C#N)c2ccc(Br)cc2)ccc1OCC(=O)O. The van der Waals surface area contributed by atoms with Crippen LogP contribution in [0, 0.1) is 11.3 Å². The molecule has 6 heteroatoms. The van der Waals surface area contributed by atoms with Crippen molar-refractivity contribution in [3.8, 4) is 17.6 Å². The van der Waals surface area contributed by atoms with E-state index in [1.165, 1.54) is 7.11 Å². The Kier molecular flexibility index (Phi) is 5.99. The van der Waals surface area contributed by atoms with E-state index in [1.807, 2.05) is 24.3 Å². The highest BCUT2D eigenvalue weighted by Gasteiger charge is 2.08. The second-order valence-corrected chi connectivity index (χ2v) is 5.69. The number of allylic oxidation sites excluding steroid dienone is 1. The van der Waals surface area contributed by atoms with E-state index in [1.54, 1.807) is 24.3 Å². The number of carboxylic acid groups (broad SMARTS) is 1. The van der Waals surface area contributed by atoms with Crippen LogP contribution in [0.5, 0.6) is 11.5 Å². The minimum Gasteiger partial charge on any atom is -0.493 e. The lowest BCUT2D eigenvalue weighted by atomic mass is 10.0. The molecule has 24 heavy (non-hydrogen) atoms. The number of halogens is 1. The fraction of sp³-hybridized carbons (Fsp3) is 0.111. The van der Waals surface area contributed by atoms with E-state index in [-0.39, 0.29) is 0 Å². The van der Waals surface area contributed by atoms with Gasteiger partial charge in [-0.3, -0.25) is 0 Å². The second-order valence-electron chi connectivity index (χ2n) is 4.77. The van der Waals surface area contributed by atoms with Crippen LogP contribution in [0.2, 0.25) is 0 Å². The predicted octanol–water partition coefficient (Wildman–Crippen LogP) is 3.99. The number of hydrogen-bond donors (Lipinski definition) is 1. The van der Waals surface area contributed by atoms with Gasteiger partial charge < -0.3 is 14.6 Å². The molecule has 1 N–H and O–H groups in total. The van der Waals surface area contributed by atoms with Crippen molar-refractivity contribution in [2.45, 2.75) is 0 Å². The first kappa shape index (κ1) is 17.6. The van der Waals surface area contributed by atoms with Crippen molar-refractivity contribution in [1.29, 1.82) is 5.26 Å². The van der Waals surface area contributed by atoms with Gasteiger partial charge >= 0.3 is 5.97 Å². The standard InChI is InChI=1S/C18H14BrNO4/c1-23-17-9-12(2-7-16(17)24-11-18(21)22)8-14(10-20)13-3-5-15(19)6-4-13/h2-9H,11H2,1H3,(H,21,22)/b14-8+. The van der Waals surface area contributed by atoms with Crippen molar-refractivity contribution in [2.75, 3.05) is 13.7 Å². The van der Waals surface area contributed by atoms with Gasteiger partial charge in [-0.2, -0.15) is 5.26 Å². The summed E-state index contributed by atoms with van der Waals surface area (Å²) in [6.45, 7) is -0.451. The Morgan fingerprint density at radius 1 is 1.25 bits per heavy atom. The summed E-state index contributed by atoms with van der Waals surface area (Å²) in [5, 5.41) is 18.1. The summed E-state index contributed by atoms with van der Waals surface area (Å²) in [5.41, 5.74) is 2.05. The maximum Gasteiger partial charge on any atom is 0.341 e. The number of nitrogens with zero attached hydrogens (tertiary/aromatic N) is 1. The maximum absolute atomic E-state index is 10.6. The topological polar surface area (TPSA) is 79.5 Å². The van der Waals surface area contributed by atoms with Gasteiger partial charge in [0.15, 0.2) is 18.1 Å². The average Bonchev–Trinajstić information content (AvgIpc) is 2.59. The predicted molar refractivity (Wildman–Crippen MR) is 93.8 cm³/mol. The van der Waals surface area contributed by atoms with Gasteiger partial charge in [0, 0.05) is 4.47 Å². The molecule has 0 radical (unpaired) electrons. The van der Waals surface area contributed by atoms with E-state index < -0.39 is 12.6 Å². The summed E-state index contributed by atoms with van der Waals surface area (Å²) in [7, 11) is 1.47. The number of nitriles is 1. The Labute approximate surface area is 147 Å². The van der Waals surface area contributed by atoms with Gasteiger partial charge in [-0.1, -0.05) is 34.1 Å². The van der Waals surface area contributed by atoms with E-state index in [9.17, 15) is 10.1 Å². The van der Waals surface area contributed by atoms with Crippen LogP contribution in [-0.4, -0.2) is 24.8 Å². The number of carboxylic acids is 1. The Bertz CT molecular complexity index is 807. The number of methoxy groups -OCH3 is 1. The molecule has 0 bridgehead atoms. The Balaban J connectivity index is 2.32. The molecule has 0 amide bonds. The molecule has 0 spiro atoms. The summed E-state index contributed by atoms with van der Waals surface area (Å²) >= 11 is 3.36. The summed E-state index contributed by atoms with van der Waals surface area (Å²) in [4.78, 5) is 10.6. The fourth-order valence-electron chi connectivity index (χ4n) is 2.01. The summed E-state index contributed by atoms with van der Waals surface area (Å²) < 4.78 is 11.3. The lowest BCUT2D eigenvalue weighted by Crippen LogP contribution is -2.10. The third-order valence-electron chi connectivity index (χ3n) is 3.13. The number of benzene rings is 2. The van der Waals surface area contributed by atoms with Crippen molar-refractivity contribution in [2.24, 2.45) is 0 Å². The van der Waals surface area contributed by atoms with Crippen molar-refractivity contribution in [1.82, 2.24) is 0 Å². The van der Waals surface area contributed by atoms with Crippen molar-refractivity contribution in [3.63, 3.8) is 0 Å². The summed E-state index contributed by atoms with van der Waals surface area (Å²) in [5.74, 6) is -0.333. The molecule has 0 aromatic heterocycles. The third-order valence-corrected chi connectivity index (χ3v) is 3.65. The van der Waals surface area contributed by atoms with E-state index in [0.717, 1.165) is 15.6 Å². The van der Waals surface area contributed by atoms with Gasteiger partial charge in [-0.15, -0.1) is 0 Å². The molecule has 0 aliphatic rings. The zero-order valence-corrected chi connectivity index (χ0v) is 14.4. The molecule has 5 nitrogen and oxygen atoms in total. The molecular weight excluding hydrogens is 374 g/mol. The van der Waals surface area contributed by atoms with E-state index >= 15 is 0 Å². The van der Waals surface area contributed by atoms with Crippen LogP contribution in [0.25, 0.3) is 11.6 Å². The first-order valence-corrected chi connectivity index (χ1v) is 7.73. The first-order chi connectivity index (χ1) is 11.5. The lowest BCUT2D eigenvalue weighted by molar-refractivity contribution is -0.139. The summed E-state index contributed by atoms with van der Waals surface area (Å²) in [6, 6.07) is 14.6. The minimum atomic E-state index is -1.07. The normalized spacial score (nSPS) is 10.8. The van der Waals surface area contributed by atoms with Gasteiger partial charge in [-0.05, 0) is 41.5 Å². The third kappa shape index (κ3) is 4.61. The molecule has 2 rings (SSSR count). The molecule has 0 aliphatic carbocycles. The van der Waals surface area contributed by atoms with Crippen LogP contribution in [0.4, 0.5) is 0 Å². The van der Waals surface area contributed by atoms with Crippen LogP contribution in [0.15, 0.2) is 46.9 Å². The van der Waals surface area contributed by atoms with Crippen LogP contribution < -0.4 is 9.47 Å². The van der Waals surface area contributed by atoms with Gasteiger partial charge in [0.05, 0.1) is 18.8 Å². The summed E-state index contributed by atoms with van der Waals surface area (Å²) in [6.07, 6.45) is 1.73. The molecule has 0 aliphatic heterocycles. The van der Waals surface area contributed by atoms with Crippen molar-refractivity contribution >= 4 is 33.5 Å². The lowest BCUT2D eigenvalue weighted by Gasteiger charge is -2.10.